The maximum absolute atomic E-state index is 13.1. The molecule has 1 N–H and O–H groups in total. The van der Waals surface area contributed by atoms with E-state index in [4.69, 9.17) is 11.6 Å². The standard InChI is InChI=1S/C13H10ClFN2O4S/c1-8-3-2-4-12(17(18)19)13(8)22(20,21)16-9-5-6-11(15)10(14)7-9/h2-7,16H,1H3. The molecule has 0 amide bonds. The van der Waals surface area contributed by atoms with Crippen molar-refractivity contribution in [3.63, 3.8) is 0 Å². The first-order valence-corrected chi connectivity index (χ1v) is 7.80. The summed E-state index contributed by atoms with van der Waals surface area (Å²) in [6.45, 7) is 1.44. The van der Waals surface area contributed by atoms with E-state index in [1.165, 1.54) is 25.1 Å². The summed E-state index contributed by atoms with van der Waals surface area (Å²) in [5.74, 6) is -0.702. The number of benzene rings is 2. The Balaban J connectivity index is 2.51. The predicted molar refractivity (Wildman–Crippen MR) is 80.1 cm³/mol. The molecule has 6 nitrogen and oxygen atoms in total. The highest BCUT2D eigenvalue weighted by Gasteiger charge is 2.28. The van der Waals surface area contributed by atoms with Crippen molar-refractivity contribution in [2.45, 2.75) is 11.8 Å². The van der Waals surface area contributed by atoms with Gasteiger partial charge in [-0.2, -0.15) is 0 Å². The fourth-order valence-electron chi connectivity index (χ4n) is 1.90. The lowest BCUT2D eigenvalue weighted by Crippen LogP contribution is -2.16. The SMILES string of the molecule is Cc1cccc([N+](=O)[O-])c1S(=O)(=O)Nc1ccc(F)c(Cl)c1. The summed E-state index contributed by atoms with van der Waals surface area (Å²) < 4.78 is 40.0. The van der Waals surface area contributed by atoms with Crippen LogP contribution in [0, 0.1) is 22.9 Å². The average Bonchev–Trinajstić information content (AvgIpc) is 2.42. The molecule has 0 saturated carbocycles. The van der Waals surface area contributed by atoms with Crippen LogP contribution in [-0.4, -0.2) is 13.3 Å². The van der Waals surface area contributed by atoms with Crippen LogP contribution < -0.4 is 4.72 Å². The summed E-state index contributed by atoms with van der Waals surface area (Å²) in [5.41, 5.74) is -0.320. The molecule has 2 aromatic rings. The molecule has 0 fully saturated rings. The molecule has 0 saturated heterocycles. The van der Waals surface area contributed by atoms with E-state index in [-0.39, 0.29) is 16.3 Å². The minimum Gasteiger partial charge on any atom is -0.279 e. The van der Waals surface area contributed by atoms with Crippen molar-refractivity contribution in [1.29, 1.82) is 0 Å². The summed E-state index contributed by atoms with van der Waals surface area (Å²) in [7, 11) is -4.22. The van der Waals surface area contributed by atoms with Crippen molar-refractivity contribution in [3.8, 4) is 0 Å². The van der Waals surface area contributed by atoms with E-state index < -0.39 is 31.3 Å². The number of nitro benzene ring substituents is 1. The molecule has 116 valence electrons. The maximum Gasteiger partial charge on any atom is 0.290 e. The number of sulfonamides is 1. The highest BCUT2D eigenvalue weighted by atomic mass is 35.5. The Morgan fingerprint density at radius 2 is 1.95 bits per heavy atom. The number of anilines is 1. The summed E-state index contributed by atoms with van der Waals surface area (Å²) >= 11 is 5.58. The third-order valence-corrected chi connectivity index (χ3v) is 4.69. The predicted octanol–water partition coefficient (Wildman–Crippen LogP) is 3.50. The molecule has 0 aliphatic rings. The molecule has 0 radical (unpaired) electrons. The van der Waals surface area contributed by atoms with E-state index in [0.29, 0.717) is 0 Å². The van der Waals surface area contributed by atoms with Gasteiger partial charge in [-0.15, -0.1) is 0 Å². The van der Waals surface area contributed by atoms with E-state index in [2.05, 4.69) is 4.72 Å². The lowest BCUT2D eigenvalue weighted by molar-refractivity contribution is -0.387. The Morgan fingerprint density at radius 3 is 2.55 bits per heavy atom. The molecule has 0 unspecified atom stereocenters. The second-order valence-electron chi connectivity index (χ2n) is 4.41. The Labute approximate surface area is 130 Å². The normalized spacial score (nSPS) is 11.2. The number of nitrogens with zero attached hydrogens (tertiary/aromatic N) is 1. The van der Waals surface area contributed by atoms with Gasteiger partial charge in [0.1, 0.15) is 5.82 Å². The highest BCUT2D eigenvalue weighted by molar-refractivity contribution is 7.93. The third kappa shape index (κ3) is 3.18. The Bertz CT molecular complexity index is 855. The number of nitrogens with one attached hydrogen (secondary N) is 1. The van der Waals surface area contributed by atoms with Crippen LogP contribution in [0.1, 0.15) is 5.56 Å². The van der Waals surface area contributed by atoms with Crippen LogP contribution in [0.2, 0.25) is 5.02 Å². The van der Waals surface area contributed by atoms with Crippen LogP contribution in [0.4, 0.5) is 15.8 Å². The van der Waals surface area contributed by atoms with Gasteiger partial charge in [0.15, 0.2) is 4.90 Å². The highest BCUT2D eigenvalue weighted by Crippen LogP contribution is 2.29. The Hall–Kier alpha value is -2.19. The molecule has 0 atom stereocenters. The van der Waals surface area contributed by atoms with Crippen molar-refractivity contribution in [2.75, 3.05) is 4.72 Å². The third-order valence-electron chi connectivity index (χ3n) is 2.83. The van der Waals surface area contributed by atoms with E-state index in [0.717, 1.165) is 18.2 Å². The van der Waals surface area contributed by atoms with Gasteiger partial charge in [-0.1, -0.05) is 23.7 Å². The molecule has 2 aromatic carbocycles. The summed E-state index contributed by atoms with van der Waals surface area (Å²) in [4.78, 5) is 9.79. The molecule has 2 rings (SSSR count). The van der Waals surface area contributed by atoms with Gasteiger partial charge in [0.05, 0.1) is 15.6 Å². The molecule has 0 bridgehead atoms. The first-order chi connectivity index (χ1) is 10.2. The lowest BCUT2D eigenvalue weighted by Gasteiger charge is -2.11. The number of hydrogen-bond acceptors (Lipinski definition) is 4. The van der Waals surface area contributed by atoms with Gasteiger partial charge in [0, 0.05) is 6.07 Å². The monoisotopic (exact) mass is 344 g/mol. The van der Waals surface area contributed by atoms with Crippen molar-refractivity contribution >= 4 is 33.0 Å². The van der Waals surface area contributed by atoms with E-state index in [1.54, 1.807) is 0 Å². The minimum absolute atomic E-state index is 0.00366. The number of nitro groups is 1. The minimum atomic E-state index is -4.22. The molecule has 22 heavy (non-hydrogen) atoms. The molecule has 0 aliphatic carbocycles. The molecule has 0 aromatic heterocycles. The molecular formula is C13H10ClFN2O4S. The second-order valence-corrected chi connectivity index (χ2v) is 6.44. The van der Waals surface area contributed by atoms with Crippen LogP contribution in [0.25, 0.3) is 0 Å². The van der Waals surface area contributed by atoms with Crippen molar-refractivity contribution in [2.24, 2.45) is 0 Å². The number of aryl methyl sites for hydroxylation is 1. The number of rotatable bonds is 4. The topological polar surface area (TPSA) is 89.3 Å². The fourth-order valence-corrected chi connectivity index (χ4v) is 3.53. The Kier molecular flexibility index (Phi) is 4.34. The van der Waals surface area contributed by atoms with Gasteiger partial charge in [-0.25, -0.2) is 12.8 Å². The number of hydrogen-bond donors (Lipinski definition) is 1. The summed E-state index contributed by atoms with van der Waals surface area (Å²) in [6.07, 6.45) is 0. The van der Waals surface area contributed by atoms with Crippen LogP contribution in [0.15, 0.2) is 41.3 Å². The number of halogens is 2. The molecule has 0 heterocycles. The van der Waals surface area contributed by atoms with Gasteiger partial charge in [-0.05, 0) is 30.7 Å². The maximum atomic E-state index is 13.1. The van der Waals surface area contributed by atoms with Gasteiger partial charge < -0.3 is 0 Å². The van der Waals surface area contributed by atoms with Gasteiger partial charge in [-0.3, -0.25) is 14.8 Å². The summed E-state index contributed by atoms with van der Waals surface area (Å²) in [5, 5.41) is 10.8. The van der Waals surface area contributed by atoms with Gasteiger partial charge in [0.25, 0.3) is 15.7 Å². The van der Waals surface area contributed by atoms with Crippen LogP contribution in [0.3, 0.4) is 0 Å². The first kappa shape index (κ1) is 16.2. The zero-order chi connectivity index (χ0) is 16.5. The quantitative estimate of drug-likeness (QED) is 0.679. The largest absolute Gasteiger partial charge is 0.290 e. The first-order valence-electron chi connectivity index (χ1n) is 5.94. The zero-order valence-electron chi connectivity index (χ0n) is 11.2. The van der Waals surface area contributed by atoms with Gasteiger partial charge in [0.2, 0.25) is 0 Å². The van der Waals surface area contributed by atoms with Crippen LogP contribution >= 0.6 is 11.6 Å². The van der Waals surface area contributed by atoms with Crippen molar-refractivity contribution in [1.82, 2.24) is 0 Å². The van der Waals surface area contributed by atoms with Crippen LogP contribution in [-0.2, 0) is 10.0 Å². The summed E-state index contributed by atoms with van der Waals surface area (Å²) in [6, 6.07) is 7.17. The van der Waals surface area contributed by atoms with E-state index in [9.17, 15) is 22.9 Å². The Morgan fingerprint density at radius 1 is 1.27 bits per heavy atom. The average molecular weight is 345 g/mol. The molecule has 9 heteroatoms. The van der Waals surface area contributed by atoms with E-state index in [1.807, 2.05) is 0 Å². The van der Waals surface area contributed by atoms with E-state index >= 15 is 0 Å². The lowest BCUT2D eigenvalue weighted by atomic mass is 10.2. The second kappa shape index (κ2) is 5.90. The zero-order valence-corrected chi connectivity index (χ0v) is 12.8. The van der Waals surface area contributed by atoms with Crippen LogP contribution in [0.5, 0.6) is 0 Å². The molecular weight excluding hydrogens is 335 g/mol. The fraction of sp³-hybridized carbons (Fsp3) is 0.0769. The van der Waals surface area contributed by atoms with Gasteiger partial charge >= 0.3 is 0 Å². The van der Waals surface area contributed by atoms with Crippen molar-refractivity contribution < 1.29 is 17.7 Å². The molecule has 0 spiro atoms. The molecule has 0 aliphatic heterocycles. The smallest absolute Gasteiger partial charge is 0.279 e. The van der Waals surface area contributed by atoms with Crippen molar-refractivity contribution in [3.05, 3.63) is 62.9 Å².